The highest BCUT2D eigenvalue weighted by atomic mass is 127. The lowest BCUT2D eigenvalue weighted by Gasteiger charge is -2.14. The molecule has 0 saturated heterocycles. The Balaban J connectivity index is 0.00000420. The fraction of sp³-hybridized carbons (Fsp3) is 0.368. The summed E-state index contributed by atoms with van der Waals surface area (Å²) >= 11 is 0. The smallest absolute Gasteiger partial charge is 0.422 e. The van der Waals surface area contributed by atoms with Gasteiger partial charge >= 0.3 is 6.18 Å². The molecule has 0 aliphatic heterocycles. The average molecular weight is 524 g/mol. The van der Waals surface area contributed by atoms with Crippen LogP contribution < -0.4 is 20.1 Å². The molecule has 1 heterocycles. The number of guanidine groups is 1. The van der Waals surface area contributed by atoms with E-state index < -0.39 is 12.8 Å². The van der Waals surface area contributed by atoms with Crippen molar-refractivity contribution in [3.63, 3.8) is 0 Å². The number of aromatic nitrogens is 1. The summed E-state index contributed by atoms with van der Waals surface area (Å²) in [5.41, 5.74) is 1.65. The molecule has 0 fully saturated rings. The summed E-state index contributed by atoms with van der Waals surface area (Å²) in [4.78, 5) is 8.72. The lowest BCUT2D eigenvalue weighted by Crippen LogP contribution is -2.37. The predicted molar refractivity (Wildman–Crippen MR) is 116 cm³/mol. The van der Waals surface area contributed by atoms with Crippen molar-refractivity contribution in [3.8, 4) is 11.5 Å². The van der Waals surface area contributed by atoms with E-state index in [9.17, 15) is 13.2 Å². The van der Waals surface area contributed by atoms with Crippen molar-refractivity contribution in [2.45, 2.75) is 26.2 Å². The average Bonchev–Trinajstić information content (AvgIpc) is 2.69. The quantitative estimate of drug-likeness (QED) is 0.312. The monoisotopic (exact) mass is 524 g/mol. The van der Waals surface area contributed by atoms with Crippen molar-refractivity contribution >= 4 is 29.9 Å². The van der Waals surface area contributed by atoms with Crippen LogP contribution in [-0.4, -0.2) is 37.4 Å². The van der Waals surface area contributed by atoms with E-state index in [1.54, 1.807) is 18.3 Å². The maximum Gasteiger partial charge on any atom is 0.422 e. The van der Waals surface area contributed by atoms with Crippen LogP contribution in [0.5, 0.6) is 11.5 Å². The second kappa shape index (κ2) is 12.3. The van der Waals surface area contributed by atoms with Crippen molar-refractivity contribution in [1.29, 1.82) is 0 Å². The Morgan fingerprint density at radius 3 is 2.55 bits per heavy atom. The Morgan fingerprint density at radius 2 is 1.93 bits per heavy atom. The second-order valence-electron chi connectivity index (χ2n) is 5.76. The van der Waals surface area contributed by atoms with E-state index >= 15 is 0 Å². The van der Waals surface area contributed by atoms with Crippen LogP contribution in [0.2, 0.25) is 0 Å². The van der Waals surface area contributed by atoms with Crippen LogP contribution in [0, 0.1) is 0 Å². The van der Waals surface area contributed by atoms with Crippen LogP contribution in [0.3, 0.4) is 0 Å². The Morgan fingerprint density at radius 1 is 1.14 bits per heavy atom. The largest absolute Gasteiger partial charge is 0.493 e. The minimum atomic E-state index is -4.41. The number of rotatable bonds is 8. The fourth-order valence-electron chi connectivity index (χ4n) is 2.28. The van der Waals surface area contributed by atoms with Crippen molar-refractivity contribution in [2.75, 3.05) is 20.3 Å². The summed E-state index contributed by atoms with van der Waals surface area (Å²) in [5.74, 6) is 0.862. The number of halogens is 4. The maximum atomic E-state index is 12.3. The third kappa shape index (κ3) is 9.20. The molecule has 0 unspecified atom stereocenters. The summed E-state index contributed by atoms with van der Waals surface area (Å²) in [6, 6.07) is 10.4. The van der Waals surface area contributed by atoms with Gasteiger partial charge in [-0.05, 0) is 36.8 Å². The molecular formula is C19H24F3IN4O2. The molecule has 1 aromatic heterocycles. The molecular weight excluding hydrogens is 500 g/mol. The first kappa shape index (κ1) is 24.8. The van der Waals surface area contributed by atoms with E-state index in [0.717, 1.165) is 11.3 Å². The number of methoxy groups -OCH3 is 1. The second-order valence-corrected chi connectivity index (χ2v) is 5.76. The fourth-order valence-corrected chi connectivity index (χ4v) is 2.28. The van der Waals surface area contributed by atoms with Gasteiger partial charge in [-0.15, -0.1) is 24.0 Å². The first-order chi connectivity index (χ1) is 13.4. The number of nitrogens with zero attached hydrogens (tertiary/aromatic N) is 2. The first-order valence-corrected chi connectivity index (χ1v) is 8.70. The molecule has 0 atom stereocenters. The predicted octanol–water partition coefficient (Wildman–Crippen LogP) is 3.90. The number of alkyl halides is 3. The van der Waals surface area contributed by atoms with Gasteiger partial charge in [0.15, 0.2) is 24.1 Å². The van der Waals surface area contributed by atoms with Crippen molar-refractivity contribution in [3.05, 3.63) is 53.9 Å². The standard InChI is InChI=1S/C19H23F3N4O2.HI/c1-3-23-18(26-12-15-6-4-5-9-24-15)25-11-14-7-8-16(17(10-14)27-2)28-13-19(20,21)22;/h4-10H,3,11-13H2,1-2H3,(H2,23,25,26);1H. The van der Waals surface area contributed by atoms with Gasteiger partial charge in [0.05, 0.1) is 25.9 Å². The van der Waals surface area contributed by atoms with Gasteiger partial charge in [0.1, 0.15) is 0 Å². The lowest BCUT2D eigenvalue weighted by atomic mass is 10.2. The third-order valence-corrected chi connectivity index (χ3v) is 3.55. The molecule has 1 aromatic carbocycles. The summed E-state index contributed by atoms with van der Waals surface area (Å²) < 4.78 is 46.9. The highest BCUT2D eigenvalue weighted by molar-refractivity contribution is 14.0. The summed E-state index contributed by atoms with van der Waals surface area (Å²) in [7, 11) is 1.38. The maximum absolute atomic E-state index is 12.3. The zero-order chi connectivity index (χ0) is 20.4. The molecule has 0 amide bonds. The molecule has 0 spiro atoms. The minimum absolute atomic E-state index is 0. The topological polar surface area (TPSA) is 67.8 Å². The van der Waals surface area contributed by atoms with Gasteiger partial charge in [-0.1, -0.05) is 12.1 Å². The SMILES string of the molecule is CCNC(=NCc1ccc(OCC(F)(F)F)c(OC)c1)NCc1ccccn1.I. The van der Waals surface area contributed by atoms with Crippen molar-refractivity contribution in [2.24, 2.45) is 4.99 Å². The van der Waals surface area contributed by atoms with Crippen LogP contribution in [0.25, 0.3) is 0 Å². The number of ether oxygens (including phenoxy) is 2. The number of pyridine rings is 1. The van der Waals surface area contributed by atoms with E-state index in [4.69, 9.17) is 9.47 Å². The molecule has 2 aromatic rings. The number of benzene rings is 1. The van der Waals surface area contributed by atoms with Gasteiger partial charge in [-0.3, -0.25) is 4.98 Å². The highest BCUT2D eigenvalue weighted by Crippen LogP contribution is 2.30. The zero-order valence-corrected chi connectivity index (χ0v) is 18.5. The molecule has 0 radical (unpaired) electrons. The Labute approximate surface area is 184 Å². The van der Waals surface area contributed by atoms with Gasteiger partial charge in [0, 0.05) is 12.7 Å². The van der Waals surface area contributed by atoms with Gasteiger partial charge in [0.2, 0.25) is 0 Å². The zero-order valence-electron chi connectivity index (χ0n) is 16.1. The van der Waals surface area contributed by atoms with Crippen LogP contribution in [0.15, 0.2) is 47.6 Å². The molecule has 2 rings (SSSR count). The Bertz CT molecular complexity index is 774. The molecule has 0 saturated carbocycles. The van der Waals surface area contributed by atoms with Crippen LogP contribution in [-0.2, 0) is 13.1 Å². The summed E-state index contributed by atoms with van der Waals surface area (Å²) in [5, 5.41) is 6.31. The molecule has 2 N–H and O–H groups in total. The van der Waals surface area contributed by atoms with Gasteiger partial charge in [0.25, 0.3) is 0 Å². The summed E-state index contributed by atoms with van der Waals surface area (Å²) in [6.45, 7) is 2.09. The summed E-state index contributed by atoms with van der Waals surface area (Å²) in [6.07, 6.45) is -2.69. The van der Waals surface area contributed by atoms with E-state index in [-0.39, 0.29) is 35.5 Å². The van der Waals surface area contributed by atoms with E-state index in [1.807, 2.05) is 25.1 Å². The van der Waals surface area contributed by atoms with Crippen molar-refractivity contribution in [1.82, 2.24) is 15.6 Å². The highest BCUT2D eigenvalue weighted by Gasteiger charge is 2.29. The lowest BCUT2D eigenvalue weighted by molar-refractivity contribution is -0.153. The molecule has 0 aliphatic carbocycles. The normalized spacial score (nSPS) is 11.4. The number of nitrogens with one attached hydrogen (secondary N) is 2. The number of hydrogen-bond donors (Lipinski definition) is 2. The van der Waals surface area contributed by atoms with Crippen LogP contribution >= 0.6 is 24.0 Å². The Kier molecular flexibility index (Phi) is 10.6. The molecule has 6 nitrogen and oxygen atoms in total. The van der Waals surface area contributed by atoms with E-state index in [0.29, 0.717) is 25.6 Å². The number of hydrogen-bond acceptors (Lipinski definition) is 4. The third-order valence-electron chi connectivity index (χ3n) is 3.55. The van der Waals surface area contributed by atoms with Gasteiger partial charge in [-0.2, -0.15) is 13.2 Å². The molecule has 10 heteroatoms. The van der Waals surface area contributed by atoms with Gasteiger partial charge < -0.3 is 20.1 Å². The van der Waals surface area contributed by atoms with Gasteiger partial charge in [-0.25, -0.2) is 4.99 Å². The van der Waals surface area contributed by atoms with Crippen LogP contribution in [0.4, 0.5) is 13.2 Å². The number of aliphatic imine (C=N–C) groups is 1. The van der Waals surface area contributed by atoms with E-state index in [1.165, 1.54) is 13.2 Å². The molecule has 160 valence electrons. The van der Waals surface area contributed by atoms with Crippen LogP contribution in [0.1, 0.15) is 18.2 Å². The van der Waals surface area contributed by atoms with Crippen molar-refractivity contribution < 1.29 is 22.6 Å². The molecule has 0 bridgehead atoms. The Hall–Kier alpha value is -2.24. The molecule has 0 aliphatic rings. The minimum Gasteiger partial charge on any atom is -0.493 e. The first-order valence-electron chi connectivity index (χ1n) is 8.70. The molecule has 29 heavy (non-hydrogen) atoms. The van der Waals surface area contributed by atoms with E-state index in [2.05, 4.69) is 20.6 Å².